The number of likely N-dealkylation sites (tertiary alicyclic amines) is 1. The van der Waals surface area contributed by atoms with Gasteiger partial charge in [0.2, 0.25) is 5.88 Å². The molecule has 1 aromatic rings. The molecule has 2 amide bonds. The highest BCUT2D eigenvalue weighted by molar-refractivity contribution is 5.74. The summed E-state index contributed by atoms with van der Waals surface area (Å²) in [5.74, 6) is 1.41. The number of hydrogen-bond acceptors (Lipinski definition) is 3. The van der Waals surface area contributed by atoms with E-state index in [1.54, 1.807) is 6.20 Å². The van der Waals surface area contributed by atoms with E-state index in [0.717, 1.165) is 44.0 Å². The van der Waals surface area contributed by atoms with Crippen LogP contribution in [0.2, 0.25) is 0 Å². The molecule has 0 aromatic carbocycles. The molecule has 0 spiro atoms. The second-order valence-corrected chi connectivity index (χ2v) is 5.61. The summed E-state index contributed by atoms with van der Waals surface area (Å²) in [6, 6.07) is 3.86. The second kappa shape index (κ2) is 6.11. The average molecular weight is 275 g/mol. The molecule has 2 fully saturated rings. The van der Waals surface area contributed by atoms with E-state index in [0.29, 0.717) is 12.4 Å². The summed E-state index contributed by atoms with van der Waals surface area (Å²) in [6.45, 7) is 3.04. The number of nitrogens with one attached hydrogen (secondary N) is 1. The van der Waals surface area contributed by atoms with Gasteiger partial charge in [-0.25, -0.2) is 9.78 Å². The van der Waals surface area contributed by atoms with Crippen LogP contribution in [0.15, 0.2) is 18.3 Å². The van der Waals surface area contributed by atoms with Gasteiger partial charge in [0.05, 0.1) is 6.61 Å². The highest BCUT2D eigenvalue weighted by Crippen LogP contribution is 2.29. The van der Waals surface area contributed by atoms with Crippen molar-refractivity contribution in [2.75, 3.05) is 19.7 Å². The summed E-state index contributed by atoms with van der Waals surface area (Å²) < 4.78 is 5.59. The number of rotatable bonds is 5. The Balaban J connectivity index is 1.43. The van der Waals surface area contributed by atoms with Gasteiger partial charge >= 0.3 is 6.03 Å². The topological polar surface area (TPSA) is 54.5 Å². The monoisotopic (exact) mass is 275 g/mol. The van der Waals surface area contributed by atoms with Crippen molar-refractivity contribution < 1.29 is 9.53 Å². The van der Waals surface area contributed by atoms with E-state index >= 15 is 0 Å². The third-order valence-electron chi connectivity index (χ3n) is 3.80. The molecule has 2 aliphatic rings. The van der Waals surface area contributed by atoms with Crippen LogP contribution >= 0.6 is 0 Å². The first-order valence-electron chi connectivity index (χ1n) is 7.42. The Morgan fingerprint density at radius 3 is 2.80 bits per heavy atom. The van der Waals surface area contributed by atoms with Gasteiger partial charge in [-0.05, 0) is 37.2 Å². The van der Waals surface area contributed by atoms with E-state index in [1.807, 2.05) is 17.0 Å². The summed E-state index contributed by atoms with van der Waals surface area (Å²) in [4.78, 5) is 18.0. The third-order valence-corrected chi connectivity index (χ3v) is 3.80. The average Bonchev–Trinajstić information content (AvgIpc) is 3.15. The van der Waals surface area contributed by atoms with Crippen LogP contribution in [0.3, 0.4) is 0 Å². The Bertz CT molecular complexity index is 451. The van der Waals surface area contributed by atoms with Gasteiger partial charge in [-0.3, -0.25) is 0 Å². The first-order valence-corrected chi connectivity index (χ1v) is 7.42. The molecule has 0 unspecified atom stereocenters. The van der Waals surface area contributed by atoms with Crippen LogP contribution in [-0.4, -0.2) is 35.6 Å². The van der Waals surface area contributed by atoms with Gasteiger partial charge in [0.1, 0.15) is 0 Å². The van der Waals surface area contributed by atoms with Crippen LogP contribution in [0, 0.1) is 5.92 Å². The number of carbonyl (C=O) groups is 1. The van der Waals surface area contributed by atoms with Crippen molar-refractivity contribution in [3.8, 4) is 5.88 Å². The van der Waals surface area contributed by atoms with Crippen LogP contribution in [0.5, 0.6) is 5.88 Å². The molecule has 0 radical (unpaired) electrons. The number of nitrogens with zero attached hydrogens (tertiary/aromatic N) is 2. The fourth-order valence-electron chi connectivity index (χ4n) is 2.30. The summed E-state index contributed by atoms with van der Waals surface area (Å²) in [5, 5.41) is 2.93. The molecule has 20 heavy (non-hydrogen) atoms. The van der Waals surface area contributed by atoms with Crippen LogP contribution in [0.1, 0.15) is 31.2 Å². The Morgan fingerprint density at radius 1 is 1.35 bits per heavy atom. The SMILES string of the molecule is O=C(NCc1ccc(OCC2CC2)nc1)N1CCCC1. The number of pyridine rings is 1. The van der Waals surface area contributed by atoms with E-state index in [2.05, 4.69) is 10.3 Å². The molecule has 1 aromatic heterocycles. The molecule has 0 atom stereocenters. The molecule has 5 heteroatoms. The summed E-state index contributed by atoms with van der Waals surface area (Å²) in [6.07, 6.45) is 6.55. The number of hydrogen-bond donors (Lipinski definition) is 1. The number of ether oxygens (including phenoxy) is 1. The maximum absolute atomic E-state index is 11.8. The Hall–Kier alpha value is -1.78. The smallest absolute Gasteiger partial charge is 0.317 e. The summed E-state index contributed by atoms with van der Waals surface area (Å²) >= 11 is 0. The van der Waals surface area contributed by atoms with E-state index < -0.39 is 0 Å². The standard InChI is InChI=1S/C15H21N3O2/c19-15(18-7-1-2-8-18)17-10-13-5-6-14(16-9-13)20-11-12-3-4-12/h5-6,9,12H,1-4,7-8,10-11H2,(H,17,19). The van der Waals surface area contributed by atoms with Crippen molar-refractivity contribution >= 4 is 6.03 Å². The van der Waals surface area contributed by atoms with Crippen molar-refractivity contribution in [2.45, 2.75) is 32.2 Å². The zero-order valence-corrected chi connectivity index (χ0v) is 11.7. The largest absolute Gasteiger partial charge is 0.477 e. The quantitative estimate of drug-likeness (QED) is 0.896. The molecule has 1 saturated heterocycles. The molecule has 0 bridgehead atoms. The van der Waals surface area contributed by atoms with E-state index in [9.17, 15) is 4.79 Å². The maximum Gasteiger partial charge on any atom is 0.317 e. The van der Waals surface area contributed by atoms with Crippen LogP contribution in [0.4, 0.5) is 4.79 Å². The van der Waals surface area contributed by atoms with Crippen molar-refractivity contribution in [3.05, 3.63) is 23.9 Å². The lowest BCUT2D eigenvalue weighted by atomic mass is 10.3. The molecule has 2 heterocycles. The second-order valence-electron chi connectivity index (χ2n) is 5.61. The van der Waals surface area contributed by atoms with E-state index in [1.165, 1.54) is 12.8 Å². The lowest BCUT2D eigenvalue weighted by Crippen LogP contribution is -2.37. The zero-order chi connectivity index (χ0) is 13.8. The lowest BCUT2D eigenvalue weighted by Gasteiger charge is -2.16. The minimum atomic E-state index is 0.0246. The van der Waals surface area contributed by atoms with Crippen molar-refractivity contribution in [2.24, 2.45) is 5.92 Å². The Labute approximate surface area is 119 Å². The number of aromatic nitrogens is 1. The first kappa shape index (κ1) is 13.2. The fraction of sp³-hybridized carbons (Fsp3) is 0.600. The van der Waals surface area contributed by atoms with Gasteiger partial charge in [-0.1, -0.05) is 6.07 Å². The minimum absolute atomic E-state index is 0.0246. The van der Waals surface area contributed by atoms with Crippen molar-refractivity contribution in [1.29, 1.82) is 0 Å². The molecule has 3 rings (SSSR count). The van der Waals surface area contributed by atoms with E-state index in [-0.39, 0.29) is 6.03 Å². The van der Waals surface area contributed by atoms with Crippen LogP contribution in [-0.2, 0) is 6.54 Å². The lowest BCUT2D eigenvalue weighted by molar-refractivity contribution is 0.208. The Morgan fingerprint density at radius 2 is 2.15 bits per heavy atom. The predicted molar refractivity (Wildman–Crippen MR) is 75.5 cm³/mol. The first-order chi connectivity index (χ1) is 9.81. The van der Waals surface area contributed by atoms with Gasteiger partial charge in [0, 0.05) is 31.9 Å². The van der Waals surface area contributed by atoms with Gasteiger partial charge in [-0.2, -0.15) is 0 Å². The number of urea groups is 1. The molecular formula is C15H21N3O2. The third kappa shape index (κ3) is 3.62. The number of carbonyl (C=O) groups excluding carboxylic acids is 1. The Kier molecular flexibility index (Phi) is 4.04. The van der Waals surface area contributed by atoms with Gasteiger partial charge in [0.15, 0.2) is 0 Å². The van der Waals surface area contributed by atoms with E-state index in [4.69, 9.17) is 4.74 Å². The zero-order valence-electron chi connectivity index (χ0n) is 11.7. The highest BCUT2D eigenvalue weighted by atomic mass is 16.5. The van der Waals surface area contributed by atoms with Crippen molar-refractivity contribution in [3.63, 3.8) is 0 Å². The molecule has 1 aliphatic carbocycles. The molecular weight excluding hydrogens is 254 g/mol. The van der Waals surface area contributed by atoms with Crippen LogP contribution < -0.4 is 10.1 Å². The summed E-state index contributed by atoms with van der Waals surface area (Å²) in [7, 11) is 0. The highest BCUT2D eigenvalue weighted by Gasteiger charge is 2.22. The molecule has 1 aliphatic heterocycles. The maximum atomic E-state index is 11.8. The van der Waals surface area contributed by atoms with Gasteiger partial charge in [-0.15, -0.1) is 0 Å². The predicted octanol–water partition coefficient (Wildman–Crippen LogP) is 2.18. The number of amides is 2. The molecule has 1 N–H and O–H groups in total. The van der Waals surface area contributed by atoms with Crippen molar-refractivity contribution in [1.82, 2.24) is 15.2 Å². The van der Waals surface area contributed by atoms with Gasteiger partial charge in [0.25, 0.3) is 0 Å². The summed E-state index contributed by atoms with van der Waals surface area (Å²) in [5.41, 5.74) is 0.997. The minimum Gasteiger partial charge on any atom is -0.477 e. The normalized spacial score (nSPS) is 18.1. The van der Waals surface area contributed by atoms with Gasteiger partial charge < -0.3 is 15.0 Å². The van der Waals surface area contributed by atoms with Crippen LogP contribution in [0.25, 0.3) is 0 Å². The molecule has 1 saturated carbocycles. The molecule has 5 nitrogen and oxygen atoms in total. The fourth-order valence-corrected chi connectivity index (χ4v) is 2.30. The molecule has 108 valence electrons.